The van der Waals surface area contributed by atoms with Gasteiger partial charge in [-0.2, -0.15) is 0 Å². The quantitative estimate of drug-likeness (QED) is 0.873. The molecule has 1 atom stereocenters. The maximum Gasteiger partial charge on any atom is 0.0426 e. The Kier molecular flexibility index (Phi) is 3.76. The molecule has 0 amide bonds. The highest BCUT2D eigenvalue weighted by molar-refractivity contribution is 5.59. The highest BCUT2D eigenvalue weighted by Gasteiger charge is 2.26. The monoisotopic (exact) mass is 259 g/mol. The van der Waals surface area contributed by atoms with Gasteiger partial charge in [-0.3, -0.25) is 4.90 Å². The second kappa shape index (κ2) is 5.51. The van der Waals surface area contributed by atoms with Crippen molar-refractivity contribution in [3.8, 4) is 0 Å². The van der Waals surface area contributed by atoms with Crippen molar-refractivity contribution in [1.29, 1.82) is 0 Å². The first-order chi connectivity index (χ1) is 9.25. The van der Waals surface area contributed by atoms with Gasteiger partial charge in [0.25, 0.3) is 0 Å². The molecule has 2 saturated heterocycles. The molecule has 104 valence electrons. The van der Waals surface area contributed by atoms with Crippen LogP contribution in [-0.4, -0.2) is 50.2 Å². The summed E-state index contributed by atoms with van der Waals surface area (Å²) in [5.41, 5.74) is 4.29. The average Bonchev–Trinajstić information content (AvgIpc) is 2.93. The van der Waals surface area contributed by atoms with E-state index in [1.54, 1.807) is 0 Å². The summed E-state index contributed by atoms with van der Waals surface area (Å²) in [6.07, 6.45) is 1.32. The van der Waals surface area contributed by atoms with Crippen molar-refractivity contribution in [2.45, 2.75) is 26.3 Å². The Morgan fingerprint density at radius 2 is 1.74 bits per heavy atom. The van der Waals surface area contributed by atoms with E-state index in [1.165, 1.54) is 62.5 Å². The van der Waals surface area contributed by atoms with Gasteiger partial charge >= 0.3 is 0 Å². The molecule has 3 nitrogen and oxygen atoms in total. The second-order valence-electron chi connectivity index (χ2n) is 5.91. The number of para-hydroxylation sites is 1. The summed E-state index contributed by atoms with van der Waals surface area (Å²) in [5, 5.41) is 3.48. The Hall–Kier alpha value is -1.06. The first-order valence-electron chi connectivity index (χ1n) is 7.51. The summed E-state index contributed by atoms with van der Waals surface area (Å²) in [6.45, 7) is 11.6. The molecule has 1 N–H and O–H groups in total. The van der Waals surface area contributed by atoms with Gasteiger partial charge in [0, 0.05) is 44.5 Å². The predicted molar refractivity (Wildman–Crippen MR) is 81.0 cm³/mol. The van der Waals surface area contributed by atoms with Crippen LogP contribution in [0.15, 0.2) is 18.2 Å². The van der Waals surface area contributed by atoms with Crippen LogP contribution in [0.1, 0.15) is 17.5 Å². The smallest absolute Gasteiger partial charge is 0.0426 e. The predicted octanol–water partition coefficient (Wildman–Crippen LogP) is 1.79. The van der Waals surface area contributed by atoms with Gasteiger partial charge in [0.15, 0.2) is 0 Å². The van der Waals surface area contributed by atoms with E-state index >= 15 is 0 Å². The zero-order valence-corrected chi connectivity index (χ0v) is 12.2. The summed E-state index contributed by atoms with van der Waals surface area (Å²) < 4.78 is 0. The first kappa shape index (κ1) is 12.9. The van der Waals surface area contributed by atoms with Crippen LogP contribution in [0.4, 0.5) is 5.69 Å². The van der Waals surface area contributed by atoms with Gasteiger partial charge in [-0.15, -0.1) is 0 Å². The van der Waals surface area contributed by atoms with Gasteiger partial charge < -0.3 is 10.2 Å². The number of piperazine rings is 1. The molecule has 0 saturated carbocycles. The van der Waals surface area contributed by atoms with Crippen LogP contribution in [0.5, 0.6) is 0 Å². The van der Waals surface area contributed by atoms with Crippen molar-refractivity contribution < 1.29 is 0 Å². The zero-order valence-electron chi connectivity index (χ0n) is 12.2. The van der Waals surface area contributed by atoms with E-state index in [2.05, 4.69) is 47.2 Å². The molecule has 0 aromatic heterocycles. The molecule has 1 unspecified atom stereocenters. The second-order valence-corrected chi connectivity index (χ2v) is 5.91. The van der Waals surface area contributed by atoms with Crippen LogP contribution < -0.4 is 10.2 Å². The number of nitrogens with one attached hydrogen (secondary N) is 1. The molecule has 0 bridgehead atoms. The highest BCUT2D eigenvalue weighted by Crippen LogP contribution is 2.26. The Labute approximate surface area is 116 Å². The molecule has 2 heterocycles. The molecule has 1 aromatic carbocycles. The molecule has 1 aromatic rings. The minimum atomic E-state index is 0.778. The molecule has 3 heteroatoms. The van der Waals surface area contributed by atoms with Crippen LogP contribution in [-0.2, 0) is 0 Å². The molecule has 2 aliphatic rings. The van der Waals surface area contributed by atoms with Gasteiger partial charge in [0.2, 0.25) is 0 Å². The lowest BCUT2D eigenvalue weighted by molar-refractivity contribution is 0.196. The molecule has 2 aliphatic heterocycles. The van der Waals surface area contributed by atoms with Gasteiger partial charge in [-0.25, -0.2) is 0 Å². The third kappa shape index (κ3) is 2.63. The third-order valence-corrected chi connectivity index (χ3v) is 4.62. The van der Waals surface area contributed by atoms with Crippen molar-refractivity contribution in [2.75, 3.05) is 44.2 Å². The Morgan fingerprint density at radius 3 is 2.32 bits per heavy atom. The first-order valence-corrected chi connectivity index (χ1v) is 7.51. The number of nitrogens with zero attached hydrogens (tertiary/aromatic N) is 2. The van der Waals surface area contributed by atoms with E-state index < -0.39 is 0 Å². The molecule has 0 radical (unpaired) electrons. The lowest BCUT2D eigenvalue weighted by atomic mass is 10.1. The molecule has 3 rings (SSSR count). The summed E-state index contributed by atoms with van der Waals surface area (Å²) >= 11 is 0. The third-order valence-electron chi connectivity index (χ3n) is 4.62. The number of benzene rings is 1. The standard InChI is InChI=1S/C16H25N3/c1-13-4-3-5-14(2)16(13)19-10-8-18(9-11-19)15-6-7-17-12-15/h3-5,15,17H,6-12H2,1-2H3. The van der Waals surface area contributed by atoms with E-state index in [9.17, 15) is 0 Å². The summed E-state index contributed by atoms with van der Waals surface area (Å²) in [5.74, 6) is 0. The lowest BCUT2D eigenvalue weighted by Gasteiger charge is -2.40. The van der Waals surface area contributed by atoms with E-state index in [-0.39, 0.29) is 0 Å². The number of hydrogen-bond donors (Lipinski definition) is 1. The van der Waals surface area contributed by atoms with E-state index in [1.807, 2.05) is 0 Å². The largest absolute Gasteiger partial charge is 0.369 e. The van der Waals surface area contributed by atoms with E-state index in [0.717, 1.165) is 6.04 Å². The normalized spacial score (nSPS) is 24.9. The fraction of sp³-hybridized carbons (Fsp3) is 0.625. The van der Waals surface area contributed by atoms with Crippen molar-refractivity contribution in [2.24, 2.45) is 0 Å². The van der Waals surface area contributed by atoms with Crippen molar-refractivity contribution in [3.63, 3.8) is 0 Å². The molecule has 0 spiro atoms. The van der Waals surface area contributed by atoms with Crippen molar-refractivity contribution in [3.05, 3.63) is 29.3 Å². The zero-order chi connectivity index (χ0) is 13.2. The Morgan fingerprint density at radius 1 is 1.05 bits per heavy atom. The molecular formula is C16H25N3. The van der Waals surface area contributed by atoms with Crippen molar-refractivity contribution in [1.82, 2.24) is 10.2 Å². The van der Waals surface area contributed by atoms with Gasteiger partial charge in [-0.05, 0) is 37.9 Å². The number of rotatable bonds is 2. The summed E-state index contributed by atoms with van der Waals surface area (Å²) in [4.78, 5) is 5.24. The summed E-state index contributed by atoms with van der Waals surface area (Å²) in [6, 6.07) is 7.40. The molecular weight excluding hydrogens is 234 g/mol. The van der Waals surface area contributed by atoms with Crippen LogP contribution >= 0.6 is 0 Å². The van der Waals surface area contributed by atoms with Crippen molar-refractivity contribution >= 4 is 5.69 Å². The molecule has 19 heavy (non-hydrogen) atoms. The maximum absolute atomic E-state index is 3.48. The molecule has 0 aliphatic carbocycles. The Bertz CT molecular complexity index is 409. The van der Waals surface area contributed by atoms with Crippen LogP contribution in [0, 0.1) is 13.8 Å². The van der Waals surface area contributed by atoms with Crippen LogP contribution in [0.25, 0.3) is 0 Å². The summed E-state index contributed by atoms with van der Waals surface area (Å²) in [7, 11) is 0. The SMILES string of the molecule is Cc1cccc(C)c1N1CCN(C2CCNC2)CC1. The maximum atomic E-state index is 3.48. The van der Waals surface area contributed by atoms with Gasteiger partial charge in [0.05, 0.1) is 0 Å². The average molecular weight is 259 g/mol. The topological polar surface area (TPSA) is 18.5 Å². The number of hydrogen-bond acceptors (Lipinski definition) is 3. The van der Waals surface area contributed by atoms with Crippen LogP contribution in [0.3, 0.4) is 0 Å². The fourth-order valence-electron chi connectivity index (χ4n) is 3.57. The van der Waals surface area contributed by atoms with E-state index in [4.69, 9.17) is 0 Å². The van der Waals surface area contributed by atoms with Gasteiger partial charge in [-0.1, -0.05) is 18.2 Å². The Balaban J connectivity index is 1.66. The fourth-order valence-corrected chi connectivity index (χ4v) is 3.57. The number of aryl methyl sites for hydroxylation is 2. The minimum Gasteiger partial charge on any atom is -0.369 e. The highest BCUT2D eigenvalue weighted by atomic mass is 15.3. The van der Waals surface area contributed by atoms with Gasteiger partial charge in [0.1, 0.15) is 0 Å². The minimum absolute atomic E-state index is 0.778. The van der Waals surface area contributed by atoms with E-state index in [0.29, 0.717) is 0 Å². The van der Waals surface area contributed by atoms with Crippen LogP contribution in [0.2, 0.25) is 0 Å². The lowest BCUT2D eigenvalue weighted by Crippen LogP contribution is -2.51. The molecule has 2 fully saturated rings. The number of anilines is 1.